The molecule has 0 unspecified atom stereocenters. The molecule has 0 aliphatic heterocycles. The first kappa shape index (κ1) is 5.05. The maximum Gasteiger partial charge on any atom is 0.160 e. The van der Waals surface area contributed by atoms with E-state index in [1.807, 2.05) is 0 Å². The summed E-state index contributed by atoms with van der Waals surface area (Å²) in [5.74, 6) is 0. The molecule has 0 spiro atoms. The van der Waals surface area contributed by atoms with Crippen LogP contribution in [0.15, 0.2) is 6.20 Å². The highest BCUT2D eigenvalue weighted by atomic mass is 79.9. The SMILES string of the molecule is Clc1cnnn1Br. The second-order valence-corrected chi connectivity index (χ2v) is 1.98. The third-order valence-corrected chi connectivity index (χ3v) is 1.46. The fourth-order valence-corrected chi connectivity index (χ4v) is 0.460. The molecule has 0 saturated carbocycles. The zero-order chi connectivity index (χ0) is 5.28. The van der Waals surface area contributed by atoms with Crippen LogP contribution in [0.3, 0.4) is 0 Å². The summed E-state index contributed by atoms with van der Waals surface area (Å²) in [4.78, 5) is 0. The molecule has 0 amide bonds. The topological polar surface area (TPSA) is 30.7 Å². The van der Waals surface area contributed by atoms with Crippen molar-refractivity contribution in [3.8, 4) is 0 Å². The second kappa shape index (κ2) is 1.79. The van der Waals surface area contributed by atoms with Crippen molar-refractivity contribution in [3.05, 3.63) is 11.3 Å². The summed E-state index contributed by atoms with van der Waals surface area (Å²) in [5, 5.41) is 7.40. The van der Waals surface area contributed by atoms with Gasteiger partial charge in [0.05, 0.1) is 22.3 Å². The monoisotopic (exact) mass is 181 g/mol. The number of halogens is 2. The van der Waals surface area contributed by atoms with Gasteiger partial charge in [0, 0.05) is 0 Å². The molecule has 3 nitrogen and oxygen atoms in total. The Morgan fingerprint density at radius 3 is 2.71 bits per heavy atom. The molecule has 0 N–H and O–H groups in total. The van der Waals surface area contributed by atoms with Crippen LogP contribution in [0.2, 0.25) is 5.15 Å². The Morgan fingerprint density at radius 1 is 1.86 bits per heavy atom. The lowest BCUT2D eigenvalue weighted by atomic mass is 11.0. The minimum Gasteiger partial charge on any atom is -0.166 e. The van der Waals surface area contributed by atoms with Crippen molar-refractivity contribution in [3.63, 3.8) is 0 Å². The van der Waals surface area contributed by atoms with Gasteiger partial charge in [-0.3, -0.25) is 0 Å². The van der Waals surface area contributed by atoms with Crippen LogP contribution in [0, 0.1) is 0 Å². The van der Waals surface area contributed by atoms with E-state index in [2.05, 4.69) is 26.5 Å². The molecule has 1 aromatic rings. The van der Waals surface area contributed by atoms with Gasteiger partial charge in [-0.2, -0.15) is 3.71 Å². The molecule has 5 heteroatoms. The van der Waals surface area contributed by atoms with Gasteiger partial charge in [-0.05, 0) is 0 Å². The van der Waals surface area contributed by atoms with Crippen LogP contribution in [0.25, 0.3) is 0 Å². The van der Waals surface area contributed by atoms with E-state index in [-0.39, 0.29) is 0 Å². The molecule has 1 aromatic heterocycles. The van der Waals surface area contributed by atoms with Gasteiger partial charge in [-0.15, -0.1) is 5.10 Å². The minimum atomic E-state index is 0.472. The van der Waals surface area contributed by atoms with Gasteiger partial charge < -0.3 is 0 Å². The Kier molecular flexibility index (Phi) is 1.30. The lowest BCUT2D eigenvalue weighted by molar-refractivity contribution is 0.905. The smallest absolute Gasteiger partial charge is 0.160 e. The van der Waals surface area contributed by atoms with Crippen LogP contribution >= 0.6 is 27.7 Å². The molecule has 0 radical (unpaired) electrons. The van der Waals surface area contributed by atoms with E-state index in [0.29, 0.717) is 5.15 Å². The van der Waals surface area contributed by atoms with E-state index in [9.17, 15) is 0 Å². The Bertz CT molecular complexity index is 145. The Labute approximate surface area is 53.6 Å². The van der Waals surface area contributed by atoms with Gasteiger partial charge in [-0.1, -0.05) is 16.8 Å². The number of aromatic nitrogens is 3. The fraction of sp³-hybridized carbons (Fsp3) is 0. The van der Waals surface area contributed by atoms with E-state index >= 15 is 0 Å². The minimum absolute atomic E-state index is 0.472. The van der Waals surface area contributed by atoms with E-state index in [1.54, 1.807) is 0 Å². The normalized spacial score (nSPS) is 9.43. The highest BCUT2D eigenvalue weighted by Gasteiger charge is 1.90. The molecule has 38 valence electrons. The van der Waals surface area contributed by atoms with E-state index in [0.717, 1.165) is 0 Å². The highest BCUT2D eigenvalue weighted by Crippen LogP contribution is 2.05. The summed E-state index contributed by atoms with van der Waals surface area (Å²) in [6.07, 6.45) is 1.44. The predicted molar refractivity (Wildman–Crippen MR) is 29.4 cm³/mol. The lowest BCUT2D eigenvalue weighted by Crippen LogP contribution is -1.78. The first-order valence-electron chi connectivity index (χ1n) is 1.53. The molecule has 0 bridgehead atoms. The van der Waals surface area contributed by atoms with Crippen LogP contribution in [0.5, 0.6) is 0 Å². The second-order valence-electron chi connectivity index (χ2n) is 0.917. The summed E-state index contributed by atoms with van der Waals surface area (Å²) in [6.45, 7) is 0. The van der Waals surface area contributed by atoms with E-state index < -0.39 is 0 Å². The summed E-state index contributed by atoms with van der Waals surface area (Å²) < 4.78 is 1.30. The van der Waals surface area contributed by atoms with Crippen molar-refractivity contribution < 1.29 is 0 Å². The third-order valence-electron chi connectivity index (χ3n) is 0.471. The van der Waals surface area contributed by atoms with E-state index in [1.165, 1.54) is 9.90 Å². The van der Waals surface area contributed by atoms with Crippen LogP contribution in [0.1, 0.15) is 0 Å². The quantitative estimate of drug-likeness (QED) is 0.601. The molecule has 0 atom stereocenters. The molecule has 0 aromatic carbocycles. The average molecular weight is 182 g/mol. The maximum absolute atomic E-state index is 5.42. The standard InChI is InChI=1S/C2HBrClN3/c3-7-2(4)1-5-6-7/h1H. The van der Waals surface area contributed by atoms with Gasteiger partial charge in [0.25, 0.3) is 0 Å². The van der Waals surface area contributed by atoms with Crippen LogP contribution in [-0.4, -0.2) is 14.0 Å². The Balaban J connectivity index is 3.12. The third kappa shape index (κ3) is 0.920. The number of hydrogen-bond acceptors (Lipinski definition) is 2. The zero-order valence-corrected chi connectivity index (χ0v) is 5.52. The highest BCUT2D eigenvalue weighted by molar-refractivity contribution is 9.08. The number of hydrogen-bond donors (Lipinski definition) is 0. The van der Waals surface area contributed by atoms with Crippen molar-refractivity contribution in [2.75, 3.05) is 0 Å². The molecular weight excluding hydrogens is 181 g/mol. The van der Waals surface area contributed by atoms with Crippen LogP contribution < -0.4 is 0 Å². The molecule has 1 heterocycles. The molecule has 0 aliphatic carbocycles. The molecular formula is C2HBrClN3. The Morgan fingerprint density at radius 2 is 2.57 bits per heavy atom. The molecule has 0 fully saturated rings. The Hall–Kier alpha value is -0.0900. The lowest BCUT2D eigenvalue weighted by Gasteiger charge is -1.77. The van der Waals surface area contributed by atoms with Gasteiger partial charge in [0.15, 0.2) is 5.15 Å². The van der Waals surface area contributed by atoms with Crippen molar-refractivity contribution in [2.45, 2.75) is 0 Å². The van der Waals surface area contributed by atoms with Crippen LogP contribution in [-0.2, 0) is 0 Å². The van der Waals surface area contributed by atoms with Crippen molar-refractivity contribution in [1.82, 2.24) is 14.0 Å². The van der Waals surface area contributed by atoms with Crippen molar-refractivity contribution in [2.24, 2.45) is 0 Å². The number of rotatable bonds is 0. The van der Waals surface area contributed by atoms with Gasteiger partial charge >= 0.3 is 0 Å². The van der Waals surface area contributed by atoms with Crippen LogP contribution in [0.4, 0.5) is 0 Å². The molecule has 0 saturated heterocycles. The summed E-state index contributed by atoms with van der Waals surface area (Å²) >= 11 is 8.39. The first-order chi connectivity index (χ1) is 3.30. The van der Waals surface area contributed by atoms with Gasteiger partial charge in [0.2, 0.25) is 0 Å². The summed E-state index contributed by atoms with van der Waals surface area (Å²) in [7, 11) is 0. The summed E-state index contributed by atoms with van der Waals surface area (Å²) in [5.41, 5.74) is 0. The molecule has 1 rings (SSSR count). The predicted octanol–water partition coefficient (Wildman–Crippen LogP) is 1.09. The van der Waals surface area contributed by atoms with Gasteiger partial charge in [-0.25, -0.2) is 0 Å². The average Bonchev–Trinajstić information content (AvgIpc) is 1.91. The molecule has 0 aliphatic rings. The number of nitrogens with zero attached hydrogens (tertiary/aromatic N) is 3. The van der Waals surface area contributed by atoms with E-state index in [4.69, 9.17) is 11.6 Å². The van der Waals surface area contributed by atoms with Crippen molar-refractivity contribution >= 4 is 27.7 Å². The fourth-order valence-electron chi connectivity index (χ4n) is 0.209. The summed E-state index contributed by atoms with van der Waals surface area (Å²) in [6, 6.07) is 0. The van der Waals surface area contributed by atoms with Gasteiger partial charge in [0.1, 0.15) is 0 Å². The molecule has 7 heavy (non-hydrogen) atoms. The first-order valence-corrected chi connectivity index (χ1v) is 2.62. The van der Waals surface area contributed by atoms with Crippen molar-refractivity contribution in [1.29, 1.82) is 0 Å². The maximum atomic E-state index is 5.42. The largest absolute Gasteiger partial charge is 0.166 e. The zero-order valence-electron chi connectivity index (χ0n) is 3.17.